The van der Waals surface area contributed by atoms with Gasteiger partial charge in [0.1, 0.15) is 5.56 Å². The minimum absolute atomic E-state index is 0.203. The third-order valence-electron chi connectivity index (χ3n) is 2.65. The molecule has 6 heteroatoms. The van der Waals surface area contributed by atoms with Gasteiger partial charge in [0.05, 0.1) is 18.5 Å². The van der Waals surface area contributed by atoms with Crippen molar-refractivity contribution in [3.05, 3.63) is 17.5 Å². The van der Waals surface area contributed by atoms with Crippen molar-refractivity contribution in [3.63, 3.8) is 0 Å². The fraction of sp³-hybridized carbons (Fsp3) is 0.667. The van der Waals surface area contributed by atoms with Crippen LogP contribution in [-0.4, -0.2) is 34.2 Å². The first kappa shape index (κ1) is 15.0. The summed E-state index contributed by atoms with van der Waals surface area (Å²) in [5, 5.41) is 4.11. The number of ether oxygens (including phenoxy) is 1. The lowest BCUT2D eigenvalue weighted by Gasteiger charge is -2.09. The lowest BCUT2D eigenvalue weighted by atomic mass is 10.3. The lowest BCUT2D eigenvalue weighted by Crippen LogP contribution is -2.21. The highest BCUT2D eigenvalue weighted by Gasteiger charge is 2.17. The summed E-state index contributed by atoms with van der Waals surface area (Å²) in [4.78, 5) is 11.7. The molecule has 0 amide bonds. The third-order valence-corrected chi connectivity index (χ3v) is 3.79. The summed E-state index contributed by atoms with van der Waals surface area (Å²) in [5.41, 5.74) is 7.30. The number of thioether (sulfide) groups is 1. The van der Waals surface area contributed by atoms with Crippen molar-refractivity contribution in [2.24, 2.45) is 12.8 Å². The second-order valence-electron chi connectivity index (χ2n) is 4.03. The van der Waals surface area contributed by atoms with E-state index >= 15 is 0 Å². The smallest absolute Gasteiger partial charge is 0.341 e. The van der Waals surface area contributed by atoms with E-state index in [2.05, 4.69) is 12.0 Å². The maximum atomic E-state index is 11.7. The van der Waals surface area contributed by atoms with E-state index in [-0.39, 0.29) is 12.0 Å². The van der Waals surface area contributed by atoms with Crippen LogP contribution in [0.3, 0.4) is 0 Å². The number of aryl methyl sites for hydroxylation is 1. The van der Waals surface area contributed by atoms with Crippen LogP contribution >= 0.6 is 11.8 Å². The van der Waals surface area contributed by atoms with Crippen LogP contribution in [0.25, 0.3) is 0 Å². The van der Waals surface area contributed by atoms with Crippen molar-refractivity contribution in [3.8, 4) is 0 Å². The highest BCUT2D eigenvalue weighted by atomic mass is 32.2. The summed E-state index contributed by atoms with van der Waals surface area (Å²) >= 11 is 1.71. The fourth-order valence-corrected chi connectivity index (χ4v) is 2.63. The van der Waals surface area contributed by atoms with Gasteiger partial charge >= 0.3 is 5.97 Å². The van der Waals surface area contributed by atoms with E-state index in [1.54, 1.807) is 29.6 Å². The Morgan fingerprint density at radius 3 is 2.94 bits per heavy atom. The van der Waals surface area contributed by atoms with Gasteiger partial charge in [0, 0.05) is 24.6 Å². The second kappa shape index (κ2) is 7.43. The van der Waals surface area contributed by atoms with E-state index in [9.17, 15) is 4.79 Å². The lowest BCUT2D eigenvalue weighted by molar-refractivity contribution is 0.0525. The number of nitrogens with two attached hydrogens (primary N) is 1. The van der Waals surface area contributed by atoms with E-state index in [4.69, 9.17) is 10.5 Å². The molecule has 0 radical (unpaired) electrons. The van der Waals surface area contributed by atoms with Crippen molar-refractivity contribution in [2.45, 2.75) is 32.1 Å². The number of carbonyl (C=O) groups is 1. The Balaban J connectivity index is 2.64. The van der Waals surface area contributed by atoms with Gasteiger partial charge in [-0.1, -0.05) is 6.92 Å². The topological polar surface area (TPSA) is 70.1 Å². The number of esters is 1. The number of hydrogen-bond acceptors (Lipinski definition) is 5. The molecular formula is C12H21N3O2S. The highest BCUT2D eigenvalue weighted by Crippen LogP contribution is 2.17. The Bertz CT molecular complexity index is 393. The molecule has 0 aromatic carbocycles. The van der Waals surface area contributed by atoms with Crippen molar-refractivity contribution in [1.29, 1.82) is 0 Å². The molecule has 0 saturated heterocycles. The number of carbonyl (C=O) groups excluding carboxylic acids is 1. The van der Waals surface area contributed by atoms with Crippen LogP contribution in [0.4, 0.5) is 0 Å². The van der Waals surface area contributed by atoms with E-state index in [0.29, 0.717) is 12.2 Å². The Morgan fingerprint density at radius 1 is 1.61 bits per heavy atom. The minimum Gasteiger partial charge on any atom is -0.462 e. The van der Waals surface area contributed by atoms with Crippen LogP contribution in [0, 0.1) is 0 Å². The molecule has 2 N–H and O–H groups in total. The van der Waals surface area contributed by atoms with Crippen molar-refractivity contribution >= 4 is 17.7 Å². The van der Waals surface area contributed by atoms with Gasteiger partial charge < -0.3 is 10.5 Å². The average Bonchev–Trinajstić information content (AvgIpc) is 2.71. The molecule has 1 aromatic rings. The molecule has 0 bridgehead atoms. The van der Waals surface area contributed by atoms with E-state index in [1.807, 2.05) is 7.05 Å². The molecule has 1 atom stereocenters. The molecule has 1 unspecified atom stereocenters. The molecule has 0 aliphatic heterocycles. The molecular weight excluding hydrogens is 250 g/mol. The predicted molar refractivity (Wildman–Crippen MR) is 73.6 cm³/mol. The van der Waals surface area contributed by atoms with E-state index < -0.39 is 0 Å². The van der Waals surface area contributed by atoms with Crippen molar-refractivity contribution in [1.82, 2.24) is 9.78 Å². The number of hydrogen-bond donors (Lipinski definition) is 1. The van der Waals surface area contributed by atoms with Gasteiger partial charge in [-0.25, -0.2) is 4.79 Å². The van der Waals surface area contributed by atoms with Gasteiger partial charge in [-0.2, -0.15) is 16.9 Å². The van der Waals surface area contributed by atoms with Crippen LogP contribution in [0.1, 0.15) is 36.3 Å². The molecule has 0 fully saturated rings. The number of aromatic nitrogens is 2. The zero-order valence-corrected chi connectivity index (χ0v) is 12.0. The molecule has 0 saturated carbocycles. The second-order valence-corrected chi connectivity index (χ2v) is 5.06. The summed E-state index contributed by atoms with van der Waals surface area (Å²) in [6, 6.07) is 0.203. The van der Waals surface area contributed by atoms with E-state index in [0.717, 1.165) is 23.6 Å². The zero-order valence-electron chi connectivity index (χ0n) is 11.2. The first-order valence-electron chi connectivity index (χ1n) is 6.11. The van der Waals surface area contributed by atoms with Crippen LogP contribution in [0.5, 0.6) is 0 Å². The van der Waals surface area contributed by atoms with Crippen molar-refractivity contribution in [2.75, 3.05) is 12.4 Å². The zero-order chi connectivity index (χ0) is 13.5. The van der Waals surface area contributed by atoms with Gasteiger partial charge in [0.25, 0.3) is 0 Å². The highest BCUT2D eigenvalue weighted by molar-refractivity contribution is 7.98. The molecule has 0 spiro atoms. The monoisotopic (exact) mass is 271 g/mol. The molecule has 1 rings (SSSR count). The average molecular weight is 271 g/mol. The van der Waals surface area contributed by atoms with E-state index in [1.165, 1.54) is 0 Å². The van der Waals surface area contributed by atoms with Crippen LogP contribution in [0.2, 0.25) is 0 Å². The molecule has 102 valence electrons. The standard InChI is InChI=1S/C12H21N3O2S/c1-4-9(13)7-18-8-11-10(6-14-15(11)3)12(16)17-5-2/h6,9H,4-5,7-8,13H2,1-3H3. The first-order chi connectivity index (χ1) is 8.60. The molecule has 1 aromatic heterocycles. The Labute approximate surface area is 112 Å². The quantitative estimate of drug-likeness (QED) is 0.762. The SMILES string of the molecule is CCOC(=O)c1cnn(C)c1CSCC(N)CC. The van der Waals surface area contributed by atoms with Crippen LogP contribution < -0.4 is 5.73 Å². The summed E-state index contributed by atoms with van der Waals surface area (Å²) in [6.07, 6.45) is 2.52. The Kier molecular flexibility index (Phi) is 6.21. The van der Waals surface area contributed by atoms with Crippen LogP contribution in [0.15, 0.2) is 6.20 Å². The normalized spacial score (nSPS) is 12.4. The molecule has 0 aliphatic carbocycles. The summed E-state index contributed by atoms with van der Waals surface area (Å²) in [7, 11) is 1.83. The molecule has 5 nitrogen and oxygen atoms in total. The number of nitrogens with zero attached hydrogens (tertiary/aromatic N) is 2. The number of rotatable bonds is 7. The van der Waals surface area contributed by atoms with Gasteiger partial charge in [0.15, 0.2) is 0 Å². The summed E-state index contributed by atoms with van der Waals surface area (Å²) in [5.74, 6) is 1.29. The van der Waals surface area contributed by atoms with Gasteiger partial charge in [0.2, 0.25) is 0 Å². The predicted octanol–water partition coefficient (Wildman–Crippen LogP) is 1.57. The van der Waals surface area contributed by atoms with Gasteiger partial charge in [-0.15, -0.1) is 0 Å². The van der Waals surface area contributed by atoms with Gasteiger partial charge in [-0.3, -0.25) is 4.68 Å². The first-order valence-corrected chi connectivity index (χ1v) is 7.26. The van der Waals surface area contributed by atoms with Crippen molar-refractivity contribution < 1.29 is 9.53 Å². The third kappa shape index (κ3) is 4.03. The Hall–Kier alpha value is -1.01. The maximum Gasteiger partial charge on any atom is 0.341 e. The molecule has 0 aliphatic rings. The fourth-order valence-electron chi connectivity index (χ4n) is 1.44. The summed E-state index contributed by atoms with van der Waals surface area (Å²) in [6.45, 7) is 4.24. The molecule has 18 heavy (non-hydrogen) atoms. The largest absolute Gasteiger partial charge is 0.462 e. The molecule has 1 heterocycles. The Morgan fingerprint density at radius 2 is 2.33 bits per heavy atom. The van der Waals surface area contributed by atoms with Gasteiger partial charge in [-0.05, 0) is 13.3 Å². The van der Waals surface area contributed by atoms with Crippen LogP contribution in [-0.2, 0) is 17.5 Å². The maximum absolute atomic E-state index is 11.7. The summed E-state index contributed by atoms with van der Waals surface area (Å²) < 4.78 is 6.72. The minimum atomic E-state index is -0.305.